The Bertz CT molecular complexity index is 741. The van der Waals surface area contributed by atoms with Crippen LogP contribution in [0.1, 0.15) is 17.3 Å². The second-order valence-corrected chi connectivity index (χ2v) is 7.08. The summed E-state index contributed by atoms with van der Waals surface area (Å²) >= 11 is 0. The first-order chi connectivity index (χ1) is 10.7. The van der Waals surface area contributed by atoms with Gasteiger partial charge in [0.05, 0.1) is 10.5 Å². The van der Waals surface area contributed by atoms with Crippen LogP contribution in [0.5, 0.6) is 0 Å². The van der Waals surface area contributed by atoms with E-state index in [1.165, 1.54) is 31.2 Å². The molecule has 2 rings (SSSR count). The second-order valence-electron chi connectivity index (χ2n) is 5.07. The number of hydrogen-bond donors (Lipinski definition) is 1. The smallest absolute Gasteiger partial charge is 0.338 e. The van der Waals surface area contributed by atoms with Crippen molar-refractivity contribution in [3.05, 3.63) is 29.8 Å². The molecule has 0 aromatic heterocycles. The highest BCUT2D eigenvalue weighted by molar-refractivity contribution is 7.90. The molecule has 0 aliphatic carbocycles. The summed E-state index contributed by atoms with van der Waals surface area (Å²) in [5.41, 5.74) is 0.114. The third-order valence-electron chi connectivity index (χ3n) is 3.27. The fourth-order valence-corrected chi connectivity index (χ4v) is 2.65. The molecule has 23 heavy (non-hydrogen) atoms. The normalized spacial score (nSPS) is 15.9. The van der Waals surface area contributed by atoms with Gasteiger partial charge in [0.25, 0.3) is 5.91 Å². The van der Waals surface area contributed by atoms with Crippen LogP contribution in [-0.4, -0.2) is 56.7 Å². The van der Waals surface area contributed by atoms with Crippen LogP contribution in [0.3, 0.4) is 0 Å². The lowest BCUT2D eigenvalue weighted by Gasteiger charge is -2.18. The lowest BCUT2D eigenvalue weighted by Crippen LogP contribution is -2.41. The Labute approximate surface area is 133 Å². The van der Waals surface area contributed by atoms with Crippen LogP contribution in [0.2, 0.25) is 0 Å². The third-order valence-corrected chi connectivity index (χ3v) is 4.40. The summed E-state index contributed by atoms with van der Waals surface area (Å²) in [5, 5.41) is 2.48. The maximum absolute atomic E-state index is 12.0. The molecule has 1 aliphatic heterocycles. The van der Waals surface area contributed by atoms with Crippen molar-refractivity contribution in [3.63, 3.8) is 0 Å². The molecule has 0 radical (unpaired) electrons. The molecule has 0 spiro atoms. The van der Waals surface area contributed by atoms with Gasteiger partial charge >= 0.3 is 12.0 Å². The topological polar surface area (TPSA) is 110 Å². The Kier molecular flexibility index (Phi) is 4.69. The SMILES string of the molecule is C[C@@H](OC(=O)c1ccc(S(C)(=O)=O)cc1)C(=O)N1CCNC1=O. The number of hydrogen-bond acceptors (Lipinski definition) is 6. The van der Waals surface area contributed by atoms with Crippen molar-refractivity contribution in [2.75, 3.05) is 19.3 Å². The number of sulfone groups is 1. The monoisotopic (exact) mass is 340 g/mol. The van der Waals surface area contributed by atoms with Crippen LogP contribution in [-0.2, 0) is 19.4 Å². The molecule has 1 heterocycles. The largest absolute Gasteiger partial charge is 0.449 e. The lowest BCUT2D eigenvalue weighted by atomic mass is 10.2. The molecule has 124 valence electrons. The van der Waals surface area contributed by atoms with Gasteiger partial charge in [-0.3, -0.25) is 9.69 Å². The minimum atomic E-state index is -3.36. The van der Waals surface area contributed by atoms with Crippen LogP contribution in [0, 0.1) is 0 Å². The first kappa shape index (κ1) is 16.9. The van der Waals surface area contributed by atoms with Crippen molar-refractivity contribution >= 4 is 27.7 Å². The van der Waals surface area contributed by atoms with Crippen molar-refractivity contribution in [2.24, 2.45) is 0 Å². The molecule has 1 aliphatic rings. The van der Waals surface area contributed by atoms with E-state index in [2.05, 4.69) is 5.32 Å². The van der Waals surface area contributed by atoms with E-state index in [1.807, 2.05) is 0 Å². The van der Waals surface area contributed by atoms with E-state index in [1.54, 1.807) is 0 Å². The number of nitrogens with one attached hydrogen (secondary N) is 1. The number of amides is 3. The Morgan fingerprint density at radius 1 is 1.26 bits per heavy atom. The van der Waals surface area contributed by atoms with Crippen LogP contribution >= 0.6 is 0 Å². The Morgan fingerprint density at radius 3 is 2.35 bits per heavy atom. The summed E-state index contributed by atoms with van der Waals surface area (Å²) in [6.07, 6.45) is -0.0664. The number of esters is 1. The summed E-state index contributed by atoms with van der Waals surface area (Å²) in [6.45, 7) is 1.96. The Hall–Kier alpha value is -2.42. The fourth-order valence-electron chi connectivity index (χ4n) is 2.02. The molecule has 1 saturated heterocycles. The van der Waals surface area contributed by atoms with Gasteiger partial charge in [-0.15, -0.1) is 0 Å². The number of carbonyl (C=O) groups excluding carboxylic acids is 3. The van der Waals surface area contributed by atoms with Crippen molar-refractivity contribution in [1.29, 1.82) is 0 Å². The zero-order valence-corrected chi connectivity index (χ0v) is 13.4. The number of imide groups is 1. The van der Waals surface area contributed by atoms with Gasteiger partial charge in [0.2, 0.25) is 0 Å². The van der Waals surface area contributed by atoms with E-state index in [9.17, 15) is 22.8 Å². The maximum Gasteiger partial charge on any atom is 0.338 e. The van der Waals surface area contributed by atoms with E-state index in [0.29, 0.717) is 6.54 Å². The number of rotatable bonds is 4. The van der Waals surface area contributed by atoms with Crippen molar-refractivity contribution in [1.82, 2.24) is 10.2 Å². The van der Waals surface area contributed by atoms with Crippen LogP contribution in [0.4, 0.5) is 4.79 Å². The van der Waals surface area contributed by atoms with Gasteiger partial charge in [0.1, 0.15) is 0 Å². The number of carbonyl (C=O) groups is 3. The summed E-state index contributed by atoms with van der Waals surface area (Å²) in [4.78, 5) is 36.4. The van der Waals surface area contributed by atoms with Gasteiger partial charge in [-0.2, -0.15) is 0 Å². The van der Waals surface area contributed by atoms with Crippen LogP contribution in [0.15, 0.2) is 29.2 Å². The van der Waals surface area contributed by atoms with Crippen molar-refractivity contribution < 1.29 is 27.5 Å². The van der Waals surface area contributed by atoms with Gasteiger partial charge in [-0.1, -0.05) is 0 Å². The molecular weight excluding hydrogens is 324 g/mol. The molecule has 1 fully saturated rings. The molecule has 0 unspecified atom stereocenters. The minimum Gasteiger partial charge on any atom is -0.449 e. The van der Waals surface area contributed by atoms with Gasteiger partial charge in [-0.25, -0.2) is 18.0 Å². The molecule has 9 heteroatoms. The van der Waals surface area contributed by atoms with E-state index in [4.69, 9.17) is 4.74 Å². The van der Waals surface area contributed by atoms with Gasteiger partial charge < -0.3 is 10.1 Å². The van der Waals surface area contributed by atoms with Crippen molar-refractivity contribution in [3.8, 4) is 0 Å². The van der Waals surface area contributed by atoms with Gasteiger partial charge in [0, 0.05) is 19.3 Å². The van der Waals surface area contributed by atoms with E-state index < -0.39 is 33.8 Å². The third kappa shape index (κ3) is 3.86. The van der Waals surface area contributed by atoms with Crippen LogP contribution in [0.25, 0.3) is 0 Å². The number of urea groups is 1. The molecular formula is C14H16N2O6S. The molecule has 8 nitrogen and oxygen atoms in total. The fraction of sp³-hybridized carbons (Fsp3) is 0.357. The van der Waals surface area contributed by atoms with Gasteiger partial charge in [0.15, 0.2) is 15.9 Å². The number of ether oxygens (including phenoxy) is 1. The average Bonchev–Trinajstić information content (AvgIpc) is 2.91. The molecule has 1 atom stereocenters. The molecule has 1 aromatic rings. The van der Waals surface area contributed by atoms with Crippen molar-refractivity contribution in [2.45, 2.75) is 17.9 Å². The first-order valence-corrected chi connectivity index (χ1v) is 8.69. The molecule has 1 N–H and O–H groups in total. The average molecular weight is 340 g/mol. The second kappa shape index (κ2) is 6.37. The van der Waals surface area contributed by atoms with E-state index in [-0.39, 0.29) is 17.0 Å². The molecule has 0 bridgehead atoms. The molecule has 1 aromatic carbocycles. The van der Waals surface area contributed by atoms with Crippen LogP contribution < -0.4 is 5.32 Å². The lowest BCUT2D eigenvalue weighted by molar-refractivity contribution is -0.136. The Balaban J connectivity index is 2.03. The zero-order chi connectivity index (χ0) is 17.2. The highest BCUT2D eigenvalue weighted by Gasteiger charge is 2.31. The van der Waals surface area contributed by atoms with Gasteiger partial charge in [-0.05, 0) is 31.2 Å². The quantitative estimate of drug-likeness (QED) is 0.783. The summed E-state index contributed by atoms with van der Waals surface area (Å²) in [6, 6.07) is 4.66. The number of benzene rings is 1. The van der Waals surface area contributed by atoms with E-state index >= 15 is 0 Å². The maximum atomic E-state index is 12.0. The molecule has 3 amide bonds. The van der Waals surface area contributed by atoms with E-state index in [0.717, 1.165) is 11.2 Å². The zero-order valence-electron chi connectivity index (χ0n) is 12.6. The number of nitrogens with zero attached hydrogens (tertiary/aromatic N) is 1. The summed E-state index contributed by atoms with van der Waals surface area (Å²) in [5.74, 6) is -1.38. The summed E-state index contributed by atoms with van der Waals surface area (Å²) in [7, 11) is -3.36. The molecule has 0 saturated carbocycles. The highest BCUT2D eigenvalue weighted by atomic mass is 32.2. The summed E-state index contributed by atoms with van der Waals surface area (Å²) < 4.78 is 27.7. The highest BCUT2D eigenvalue weighted by Crippen LogP contribution is 2.13. The first-order valence-electron chi connectivity index (χ1n) is 6.80. The predicted molar refractivity (Wildman–Crippen MR) is 79.5 cm³/mol. The predicted octanol–water partition coefficient (Wildman–Crippen LogP) is 0.187. The standard InChI is InChI=1S/C14H16N2O6S/c1-9(12(17)16-8-7-15-14(16)19)22-13(18)10-3-5-11(6-4-10)23(2,20)21/h3-6,9H,7-8H2,1-2H3,(H,15,19)/t9-/m1/s1. The minimum absolute atomic E-state index is 0.0758. The Morgan fingerprint density at radius 2 is 1.87 bits per heavy atom.